The van der Waals surface area contributed by atoms with Crippen molar-refractivity contribution in [3.63, 3.8) is 0 Å². The van der Waals surface area contributed by atoms with Gasteiger partial charge in [0.25, 0.3) is 0 Å². The van der Waals surface area contributed by atoms with E-state index in [-0.39, 0.29) is 6.04 Å². The summed E-state index contributed by atoms with van der Waals surface area (Å²) in [6, 6.07) is 14.4. The minimum absolute atomic E-state index is 0.266. The number of hydrogen-bond acceptors (Lipinski definition) is 4. The van der Waals surface area contributed by atoms with Crippen molar-refractivity contribution in [3.8, 4) is 11.5 Å². The quantitative estimate of drug-likeness (QED) is 0.778. The molecule has 1 atom stereocenters. The number of fused-ring (bicyclic) bond motifs is 2. The van der Waals surface area contributed by atoms with Gasteiger partial charge in [-0.2, -0.15) is 0 Å². The minimum Gasteiger partial charge on any atom is -0.493 e. The summed E-state index contributed by atoms with van der Waals surface area (Å²) in [5.74, 6) is 2.62. The van der Waals surface area contributed by atoms with Crippen LogP contribution in [0.4, 0.5) is 0 Å². The summed E-state index contributed by atoms with van der Waals surface area (Å²) < 4.78 is 11.2. The van der Waals surface area contributed by atoms with Gasteiger partial charge in [-0.15, -0.1) is 0 Å². The highest BCUT2D eigenvalue weighted by Crippen LogP contribution is 2.34. The van der Waals surface area contributed by atoms with E-state index >= 15 is 0 Å². The predicted molar refractivity (Wildman–Crippen MR) is 88.9 cm³/mol. The van der Waals surface area contributed by atoms with Crippen molar-refractivity contribution >= 4 is 11.0 Å². The Labute approximate surface area is 134 Å². The maximum atomic E-state index is 5.89. The molecule has 118 valence electrons. The number of methoxy groups -OCH3 is 1. The van der Waals surface area contributed by atoms with Crippen LogP contribution in [-0.2, 0) is 13.0 Å². The van der Waals surface area contributed by atoms with Crippen molar-refractivity contribution in [1.82, 2.24) is 15.3 Å². The lowest BCUT2D eigenvalue weighted by Gasteiger charge is -2.27. The summed E-state index contributed by atoms with van der Waals surface area (Å²) in [7, 11) is 1.67. The minimum atomic E-state index is 0.266. The molecule has 0 fully saturated rings. The molecule has 1 aromatic heterocycles. The number of aromatic amines is 1. The van der Waals surface area contributed by atoms with Crippen LogP contribution in [0.1, 0.15) is 11.4 Å². The van der Waals surface area contributed by atoms with Crippen LogP contribution in [0.5, 0.6) is 11.5 Å². The van der Waals surface area contributed by atoms with Gasteiger partial charge in [-0.05, 0) is 30.2 Å². The molecule has 0 radical (unpaired) electrons. The van der Waals surface area contributed by atoms with E-state index in [1.54, 1.807) is 7.11 Å². The largest absolute Gasteiger partial charge is 0.493 e. The first-order chi connectivity index (χ1) is 11.3. The van der Waals surface area contributed by atoms with Crippen LogP contribution >= 0.6 is 0 Å². The van der Waals surface area contributed by atoms with E-state index < -0.39 is 0 Å². The zero-order chi connectivity index (χ0) is 15.6. The van der Waals surface area contributed by atoms with Gasteiger partial charge >= 0.3 is 0 Å². The fourth-order valence-electron chi connectivity index (χ4n) is 3.02. The molecule has 0 unspecified atom stereocenters. The highest BCUT2D eigenvalue weighted by molar-refractivity contribution is 5.74. The van der Waals surface area contributed by atoms with E-state index in [1.165, 1.54) is 5.56 Å². The van der Waals surface area contributed by atoms with Crippen LogP contribution < -0.4 is 14.8 Å². The van der Waals surface area contributed by atoms with Crippen LogP contribution in [0.15, 0.2) is 42.5 Å². The van der Waals surface area contributed by atoms with Gasteiger partial charge in [-0.3, -0.25) is 0 Å². The Morgan fingerprint density at radius 3 is 3.04 bits per heavy atom. The second-order valence-electron chi connectivity index (χ2n) is 5.74. The Bertz CT molecular complexity index is 795. The van der Waals surface area contributed by atoms with Gasteiger partial charge in [0.05, 0.1) is 24.7 Å². The van der Waals surface area contributed by atoms with Crippen LogP contribution in [0, 0.1) is 0 Å². The maximum Gasteiger partial charge on any atom is 0.164 e. The van der Waals surface area contributed by atoms with E-state index in [0.29, 0.717) is 13.2 Å². The van der Waals surface area contributed by atoms with E-state index in [9.17, 15) is 0 Å². The number of aromatic nitrogens is 2. The zero-order valence-corrected chi connectivity index (χ0v) is 13.0. The molecule has 0 bridgehead atoms. The number of hydrogen-bond donors (Lipinski definition) is 2. The summed E-state index contributed by atoms with van der Waals surface area (Å²) in [5.41, 5.74) is 3.25. The lowest BCUT2D eigenvalue weighted by Crippen LogP contribution is -2.39. The molecule has 0 spiro atoms. The van der Waals surface area contributed by atoms with Crippen molar-refractivity contribution in [1.29, 1.82) is 0 Å². The SMILES string of the molecule is COc1cccc2c1OC[C@@H](NCc1nc3ccccc3[nH]1)C2. The Morgan fingerprint density at radius 2 is 2.17 bits per heavy atom. The molecule has 4 rings (SSSR count). The van der Waals surface area contributed by atoms with Crippen molar-refractivity contribution in [2.24, 2.45) is 0 Å². The number of nitrogens with zero attached hydrogens (tertiary/aromatic N) is 1. The predicted octanol–water partition coefficient (Wildman–Crippen LogP) is 2.66. The summed E-state index contributed by atoms with van der Waals surface area (Å²) in [6.45, 7) is 1.33. The third-order valence-electron chi connectivity index (χ3n) is 4.17. The monoisotopic (exact) mass is 309 g/mol. The lowest BCUT2D eigenvalue weighted by molar-refractivity contribution is 0.226. The molecule has 2 N–H and O–H groups in total. The molecule has 0 saturated heterocycles. The third-order valence-corrected chi connectivity index (χ3v) is 4.17. The van der Waals surface area contributed by atoms with Gasteiger partial charge < -0.3 is 19.8 Å². The van der Waals surface area contributed by atoms with Gasteiger partial charge in [0.1, 0.15) is 12.4 Å². The fourth-order valence-corrected chi connectivity index (χ4v) is 3.02. The smallest absolute Gasteiger partial charge is 0.164 e. The lowest BCUT2D eigenvalue weighted by atomic mass is 10.0. The van der Waals surface area contributed by atoms with Crippen molar-refractivity contribution in [3.05, 3.63) is 53.9 Å². The highest BCUT2D eigenvalue weighted by Gasteiger charge is 2.22. The first-order valence-corrected chi connectivity index (χ1v) is 7.79. The molecule has 1 aliphatic heterocycles. The van der Waals surface area contributed by atoms with Gasteiger partial charge in [0, 0.05) is 6.04 Å². The number of H-pyrrole nitrogens is 1. The molecule has 2 heterocycles. The summed E-state index contributed by atoms with van der Waals surface area (Å²) in [4.78, 5) is 7.93. The van der Waals surface area contributed by atoms with Gasteiger partial charge in [-0.1, -0.05) is 24.3 Å². The van der Waals surface area contributed by atoms with E-state index in [1.807, 2.05) is 36.4 Å². The molecule has 5 heteroatoms. The molecular weight excluding hydrogens is 290 g/mol. The molecule has 0 saturated carbocycles. The second kappa shape index (κ2) is 5.93. The number of ether oxygens (including phenoxy) is 2. The first-order valence-electron chi connectivity index (χ1n) is 7.79. The Kier molecular flexibility index (Phi) is 3.63. The maximum absolute atomic E-state index is 5.89. The van der Waals surface area contributed by atoms with E-state index in [4.69, 9.17) is 9.47 Å². The molecule has 3 aromatic rings. The Hall–Kier alpha value is -2.53. The molecule has 0 amide bonds. The number of nitrogens with one attached hydrogen (secondary N) is 2. The summed E-state index contributed by atoms with van der Waals surface area (Å²) in [5, 5.41) is 3.52. The molecule has 5 nitrogen and oxygen atoms in total. The topological polar surface area (TPSA) is 59.2 Å². The van der Waals surface area contributed by atoms with Crippen molar-refractivity contribution in [2.45, 2.75) is 19.0 Å². The van der Waals surface area contributed by atoms with Crippen molar-refractivity contribution in [2.75, 3.05) is 13.7 Å². The molecule has 2 aromatic carbocycles. The standard InChI is InChI=1S/C18H19N3O2/c1-22-16-8-4-5-12-9-13(11-23-18(12)16)19-10-17-20-14-6-2-3-7-15(14)21-17/h2-8,13,19H,9-11H2,1H3,(H,20,21)/t13-/m0/s1. The average molecular weight is 309 g/mol. The molecule has 1 aliphatic rings. The Balaban J connectivity index is 1.44. The fraction of sp³-hybridized carbons (Fsp3) is 0.278. The highest BCUT2D eigenvalue weighted by atomic mass is 16.5. The van der Waals surface area contributed by atoms with E-state index in [2.05, 4.69) is 21.4 Å². The van der Waals surface area contributed by atoms with Crippen molar-refractivity contribution < 1.29 is 9.47 Å². The normalized spacial score (nSPS) is 16.8. The average Bonchev–Trinajstić information content (AvgIpc) is 3.02. The number of benzene rings is 2. The second-order valence-corrected chi connectivity index (χ2v) is 5.74. The van der Waals surface area contributed by atoms with Crippen LogP contribution in [0.25, 0.3) is 11.0 Å². The molecule has 0 aliphatic carbocycles. The van der Waals surface area contributed by atoms with Gasteiger partial charge in [0.15, 0.2) is 11.5 Å². The summed E-state index contributed by atoms with van der Waals surface area (Å²) >= 11 is 0. The zero-order valence-electron chi connectivity index (χ0n) is 13.0. The number of para-hydroxylation sites is 3. The van der Waals surface area contributed by atoms with Crippen LogP contribution in [-0.4, -0.2) is 29.7 Å². The third kappa shape index (κ3) is 2.75. The number of rotatable bonds is 4. The summed E-state index contributed by atoms with van der Waals surface area (Å²) in [6.07, 6.45) is 0.923. The van der Waals surface area contributed by atoms with Crippen LogP contribution in [0.2, 0.25) is 0 Å². The molecule has 23 heavy (non-hydrogen) atoms. The number of imidazole rings is 1. The Morgan fingerprint density at radius 1 is 1.26 bits per heavy atom. The first kappa shape index (κ1) is 14.1. The van der Waals surface area contributed by atoms with E-state index in [0.717, 1.165) is 34.8 Å². The van der Waals surface area contributed by atoms with Gasteiger partial charge in [-0.25, -0.2) is 4.98 Å². The molecular formula is C18H19N3O2. The van der Waals surface area contributed by atoms with Gasteiger partial charge in [0.2, 0.25) is 0 Å². The van der Waals surface area contributed by atoms with Crippen LogP contribution in [0.3, 0.4) is 0 Å².